The molecule has 0 radical (unpaired) electrons. The Labute approximate surface area is 144 Å². The van der Waals surface area contributed by atoms with E-state index in [4.69, 9.17) is 37.8 Å². The molecule has 0 spiro atoms. The first kappa shape index (κ1) is 19.5. The highest BCUT2D eigenvalue weighted by Gasteiger charge is 2.24. The average Bonchev–Trinajstić information content (AvgIpc) is 2.40. The van der Waals surface area contributed by atoms with E-state index in [1.165, 1.54) is 0 Å². The standard InChI is InChI=1S/C15H19Cl2NO5/c1-15(2,3)23-14(21)18-11(13(19)20)8-22-7-9-5-4-6-10(16)12(9)17/h4-6,11H,7-8H2,1-3H3,(H,18,21)(H,19,20). The lowest BCUT2D eigenvalue weighted by atomic mass is 10.2. The van der Waals surface area contributed by atoms with E-state index >= 15 is 0 Å². The molecule has 0 heterocycles. The molecule has 0 aliphatic rings. The summed E-state index contributed by atoms with van der Waals surface area (Å²) in [7, 11) is 0. The molecular formula is C15H19Cl2NO5. The van der Waals surface area contributed by atoms with Crippen LogP contribution in [0.5, 0.6) is 0 Å². The molecule has 1 aromatic rings. The summed E-state index contributed by atoms with van der Waals surface area (Å²) >= 11 is 11.9. The highest BCUT2D eigenvalue weighted by Crippen LogP contribution is 2.25. The summed E-state index contributed by atoms with van der Waals surface area (Å²) in [4.78, 5) is 22.8. The minimum absolute atomic E-state index is 0.0686. The van der Waals surface area contributed by atoms with Gasteiger partial charge in [0.1, 0.15) is 5.60 Å². The Morgan fingerprint density at radius 2 is 1.96 bits per heavy atom. The first-order valence-electron chi connectivity index (χ1n) is 6.83. The van der Waals surface area contributed by atoms with Crippen molar-refractivity contribution in [3.05, 3.63) is 33.8 Å². The van der Waals surface area contributed by atoms with Gasteiger partial charge in [0, 0.05) is 0 Å². The van der Waals surface area contributed by atoms with E-state index in [2.05, 4.69) is 5.32 Å². The molecule has 8 heteroatoms. The van der Waals surface area contributed by atoms with Crippen LogP contribution in [-0.4, -0.2) is 35.4 Å². The number of rotatable bonds is 6. The van der Waals surface area contributed by atoms with Crippen LogP contribution in [0.4, 0.5) is 4.79 Å². The first-order chi connectivity index (χ1) is 10.6. The Kier molecular flexibility index (Phi) is 7.12. The number of ether oxygens (including phenoxy) is 2. The maximum Gasteiger partial charge on any atom is 0.408 e. The minimum atomic E-state index is -1.23. The van der Waals surface area contributed by atoms with Crippen LogP contribution in [-0.2, 0) is 20.9 Å². The summed E-state index contributed by atoms with van der Waals surface area (Å²) in [5, 5.41) is 12.1. The number of carboxylic acids is 1. The normalized spacial score (nSPS) is 12.6. The van der Waals surface area contributed by atoms with Crippen LogP contribution in [0.25, 0.3) is 0 Å². The number of carboxylic acid groups (broad SMARTS) is 1. The zero-order chi connectivity index (χ0) is 17.6. The van der Waals surface area contributed by atoms with Crippen molar-refractivity contribution in [2.45, 2.75) is 39.0 Å². The molecule has 0 aliphatic carbocycles. The van der Waals surface area contributed by atoms with E-state index in [1.807, 2.05) is 0 Å². The maximum atomic E-state index is 11.6. The maximum absolute atomic E-state index is 11.6. The third-order valence-corrected chi connectivity index (χ3v) is 3.42. The predicted molar refractivity (Wildman–Crippen MR) is 86.9 cm³/mol. The number of hydrogen-bond donors (Lipinski definition) is 2. The van der Waals surface area contributed by atoms with Gasteiger partial charge in [-0.05, 0) is 32.4 Å². The zero-order valence-corrected chi connectivity index (χ0v) is 14.6. The number of hydrogen-bond acceptors (Lipinski definition) is 4. The summed E-state index contributed by atoms with van der Waals surface area (Å²) in [6.07, 6.45) is -0.825. The van der Waals surface area contributed by atoms with Gasteiger partial charge in [-0.25, -0.2) is 9.59 Å². The van der Waals surface area contributed by atoms with Crippen LogP contribution in [0, 0.1) is 0 Å². The van der Waals surface area contributed by atoms with Crippen LogP contribution in [0.1, 0.15) is 26.3 Å². The SMILES string of the molecule is CC(C)(C)OC(=O)NC(COCc1cccc(Cl)c1Cl)C(=O)O. The Balaban J connectivity index is 2.55. The van der Waals surface area contributed by atoms with Gasteiger partial charge in [-0.1, -0.05) is 35.3 Å². The lowest BCUT2D eigenvalue weighted by Crippen LogP contribution is -2.46. The lowest BCUT2D eigenvalue weighted by Gasteiger charge is -2.22. The summed E-state index contributed by atoms with van der Waals surface area (Å²) in [6, 6.07) is 3.83. The van der Waals surface area contributed by atoms with Gasteiger partial charge >= 0.3 is 12.1 Å². The minimum Gasteiger partial charge on any atom is -0.480 e. The molecule has 1 unspecified atom stereocenters. The Bertz CT molecular complexity index is 571. The van der Waals surface area contributed by atoms with Crippen LogP contribution < -0.4 is 5.32 Å². The highest BCUT2D eigenvalue weighted by molar-refractivity contribution is 6.42. The molecule has 0 aliphatic heterocycles. The summed E-state index contributed by atoms with van der Waals surface area (Å²) in [5.74, 6) is -1.23. The van der Waals surface area contributed by atoms with Gasteiger partial charge in [0.25, 0.3) is 0 Å². The Morgan fingerprint density at radius 1 is 1.30 bits per heavy atom. The van der Waals surface area contributed by atoms with Gasteiger partial charge in [0.2, 0.25) is 0 Å². The van der Waals surface area contributed by atoms with Crippen LogP contribution in [0.15, 0.2) is 18.2 Å². The molecule has 1 aromatic carbocycles. The van der Waals surface area contributed by atoms with E-state index in [-0.39, 0.29) is 13.2 Å². The molecule has 0 aromatic heterocycles. The smallest absolute Gasteiger partial charge is 0.408 e. The van der Waals surface area contributed by atoms with Gasteiger partial charge in [0.15, 0.2) is 6.04 Å². The molecule has 23 heavy (non-hydrogen) atoms. The number of nitrogens with one attached hydrogen (secondary N) is 1. The molecular weight excluding hydrogens is 345 g/mol. The van der Waals surface area contributed by atoms with Crippen LogP contribution in [0.2, 0.25) is 10.0 Å². The topological polar surface area (TPSA) is 84.9 Å². The summed E-state index contributed by atoms with van der Waals surface area (Å²) in [6.45, 7) is 4.87. The summed E-state index contributed by atoms with van der Waals surface area (Å²) in [5.41, 5.74) is -0.0944. The molecule has 0 saturated heterocycles. The van der Waals surface area contributed by atoms with Crippen molar-refractivity contribution in [3.63, 3.8) is 0 Å². The molecule has 1 rings (SSSR count). The first-order valence-corrected chi connectivity index (χ1v) is 7.58. The number of halogens is 2. The fourth-order valence-corrected chi connectivity index (χ4v) is 1.95. The molecule has 1 atom stereocenters. The van der Waals surface area contributed by atoms with Crippen molar-refractivity contribution in [3.8, 4) is 0 Å². The number of benzene rings is 1. The van der Waals surface area contributed by atoms with Crippen molar-refractivity contribution in [2.75, 3.05) is 6.61 Å². The quantitative estimate of drug-likeness (QED) is 0.807. The van der Waals surface area contributed by atoms with Crippen molar-refractivity contribution >= 4 is 35.3 Å². The predicted octanol–water partition coefficient (Wildman–Crippen LogP) is 3.49. The molecule has 2 N–H and O–H groups in total. The van der Waals surface area contributed by atoms with Crippen molar-refractivity contribution in [1.29, 1.82) is 0 Å². The number of carbonyl (C=O) groups is 2. The molecule has 6 nitrogen and oxygen atoms in total. The second-order valence-electron chi connectivity index (χ2n) is 5.77. The third-order valence-electron chi connectivity index (χ3n) is 2.56. The van der Waals surface area contributed by atoms with E-state index in [1.54, 1.807) is 39.0 Å². The van der Waals surface area contributed by atoms with Crippen LogP contribution in [0.3, 0.4) is 0 Å². The number of carbonyl (C=O) groups excluding carboxylic acids is 1. The second kappa shape index (κ2) is 8.38. The van der Waals surface area contributed by atoms with Gasteiger partial charge in [-0.3, -0.25) is 0 Å². The molecule has 1 amide bonds. The number of alkyl carbamates (subject to hydrolysis) is 1. The van der Waals surface area contributed by atoms with E-state index in [9.17, 15) is 9.59 Å². The number of aliphatic carboxylic acids is 1. The van der Waals surface area contributed by atoms with E-state index in [0.29, 0.717) is 15.6 Å². The second-order valence-corrected chi connectivity index (χ2v) is 6.55. The largest absolute Gasteiger partial charge is 0.480 e. The van der Waals surface area contributed by atoms with E-state index in [0.717, 1.165) is 0 Å². The zero-order valence-electron chi connectivity index (χ0n) is 13.1. The monoisotopic (exact) mass is 363 g/mol. The van der Waals surface area contributed by atoms with Crippen molar-refractivity contribution in [1.82, 2.24) is 5.32 Å². The van der Waals surface area contributed by atoms with Crippen LogP contribution >= 0.6 is 23.2 Å². The number of amides is 1. The molecule has 0 fully saturated rings. The lowest BCUT2D eigenvalue weighted by molar-refractivity contribution is -0.141. The molecule has 0 saturated carbocycles. The Morgan fingerprint density at radius 3 is 2.52 bits per heavy atom. The fraction of sp³-hybridized carbons (Fsp3) is 0.467. The van der Waals surface area contributed by atoms with Crippen molar-refractivity contribution in [2.24, 2.45) is 0 Å². The van der Waals surface area contributed by atoms with E-state index < -0.39 is 23.7 Å². The van der Waals surface area contributed by atoms with Gasteiger partial charge in [-0.2, -0.15) is 0 Å². The average molecular weight is 364 g/mol. The fourth-order valence-electron chi connectivity index (χ4n) is 1.57. The summed E-state index contributed by atoms with van der Waals surface area (Å²) < 4.78 is 10.3. The molecule has 128 valence electrons. The van der Waals surface area contributed by atoms with Gasteiger partial charge < -0.3 is 19.9 Å². The third kappa shape index (κ3) is 7.07. The molecule has 0 bridgehead atoms. The van der Waals surface area contributed by atoms with Crippen molar-refractivity contribution < 1.29 is 24.2 Å². The highest BCUT2D eigenvalue weighted by atomic mass is 35.5. The van der Waals surface area contributed by atoms with Gasteiger partial charge in [-0.15, -0.1) is 0 Å². The van der Waals surface area contributed by atoms with Gasteiger partial charge in [0.05, 0.1) is 23.3 Å². The Hall–Kier alpha value is -1.50.